The summed E-state index contributed by atoms with van der Waals surface area (Å²) in [5, 5.41) is 9.46. The summed E-state index contributed by atoms with van der Waals surface area (Å²) in [6, 6.07) is 4.31. The molecule has 5 heteroatoms. The fourth-order valence-electron chi connectivity index (χ4n) is 1.30. The molecule has 0 heterocycles. The van der Waals surface area contributed by atoms with Crippen LogP contribution in [0.15, 0.2) is 29.8 Å². The van der Waals surface area contributed by atoms with E-state index < -0.39 is 11.8 Å². The summed E-state index contributed by atoms with van der Waals surface area (Å²) in [5.41, 5.74) is -0.144. The number of carboxylic acids is 1. The summed E-state index contributed by atoms with van der Waals surface area (Å²) < 4.78 is 0. The Balaban J connectivity index is 3.19. The van der Waals surface area contributed by atoms with Crippen molar-refractivity contribution in [3.05, 3.63) is 45.5 Å². The normalized spacial score (nSPS) is 11.4. The molecule has 1 rings (SSSR count). The highest BCUT2D eigenvalue weighted by Crippen LogP contribution is 2.23. The van der Waals surface area contributed by atoms with Gasteiger partial charge in [0.25, 0.3) is 0 Å². The number of Topliss-reactive ketones (excluding diaryl/α,β-unsaturated/α-hetero) is 1. The summed E-state index contributed by atoms with van der Waals surface area (Å²) >= 11 is 11.5. The van der Waals surface area contributed by atoms with Crippen LogP contribution in [0.3, 0.4) is 0 Å². The number of rotatable bonds is 4. The molecule has 0 bridgehead atoms. The molecular formula is C12H10Cl2O3. The number of benzene rings is 1. The highest BCUT2D eigenvalue weighted by Gasteiger charge is 2.20. The molecule has 0 aliphatic rings. The van der Waals surface area contributed by atoms with Gasteiger partial charge >= 0.3 is 5.97 Å². The van der Waals surface area contributed by atoms with Gasteiger partial charge in [-0.2, -0.15) is 0 Å². The highest BCUT2D eigenvalue weighted by molar-refractivity contribution is 6.38. The van der Waals surface area contributed by atoms with Gasteiger partial charge in [0, 0.05) is 10.6 Å². The molecule has 0 aliphatic carbocycles. The predicted octanol–water partition coefficient (Wildman–Crippen LogP) is 3.60. The van der Waals surface area contributed by atoms with Crippen LogP contribution in [0.2, 0.25) is 10.0 Å². The molecule has 1 aromatic rings. The molecule has 17 heavy (non-hydrogen) atoms. The van der Waals surface area contributed by atoms with E-state index in [1.165, 1.54) is 24.3 Å². The molecule has 0 spiro atoms. The molecule has 1 aromatic carbocycles. The van der Waals surface area contributed by atoms with Crippen LogP contribution in [0, 0.1) is 0 Å². The van der Waals surface area contributed by atoms with Crippen LogP contribution in [0.5, 0.6) is 0 Å². The van der Waals surface area contributed by atoms with Crippen molar-refractivity contribution in [2.45, 2.75) is 13.3 Å². The minimum absolute atomic E-state index is 0.137. The average molecular weight is 273 g/mol. The van der Waals surface area contributed by atoms with E-state index in [0.717, 1.165) is 0 Å². The lowest BCUT2D eigenvalue weighted by Gasteiger charge is -2.04. The zero-order chi connectivity index (χ0) is 13.0. The van der Waals surface area contributed by atoms with Gasteiger partial charge in [-0.1, -0.05) is 36.2 Å². The molecule has 0 amide bonds. The summed E-state index contributed by atoms with van der Waals surface area (Å²) in [6.07, 6.45) is 1.81. The molecule has 0 aliphatic heterocycles. The monoisotopic (exact) mass is 272 g/mol. The first-order valence-corrected chi connectivity index (χ1v) is 5.66. The van der Waals surface area contributed by atoms with Gasteiger partial charge in [0.2, 0.25) is 5.78 Å². The molecule has 0 saturated carbocycles. The molecule has 0 fully saturated rings. The van der Waals surface area contributed by atoms with Crippen LogP contribution in [-0.4, -0.2) is 16.9 Å². The van der Waals surface area contributed by atoms with Crippen LogP contribution >= 0.6 is 23.2 Å². The second-order valence-electron chi connectivity index (χ2n) is 3.28. The van der Waals surface area contributed by atoms with Crippen LogP contribution in [-0.2, 0) is 4.79 Å². The van der Waals surface area contributed by atoms with Crippen molar-refractivity contribution in [3.63, 3.8) is 0 Å². The SMILES string of the molecule is CCC=C(C(=O)O)C(=O)c1ccc(Cl)cc1Cl. The number of allylic oxidation sites excluding steroid dienone is 1. The third-order valence-electron chi connectivity index (χ3n) is 2.06. The molecule has 0 atom stereocenters. The molecule has 0 saturated heterocycles. The minimum Gasteiger partial charge on any atom is -0.478 e. The lowest BCUT2D eigenvalue weighted by molar-refractivity contribution is -0.132. The Labute approximate surface area is 109 Å². The molecule has 1 N–H and O–H groups in total. The summed E-state index contributed by atoms with van der Waals surface area (Å²) in [6.45, 7) is 1.75. The first kappa shape index (κ1) is 13.7. The molecule has 0 unspecified atom stereocenters. The van der Waals surface area contributed by atoms with Crippen LogP contribution in [0.25, 0.3) is 0 Å². The third-order valence-corrected chi connectivity index (χ3v) is 2.61. The Hall–Kier alpha value is -1.32. The molecular weight excluding hydrogens is 263 g/mol. The lowest BCUT2D eigenvalue weighted by Crippen LogP contribution is -2.13. The Bertz CT molecular complexity index is 493. The van der Waals surface area contributed by atoms with Gasteiger partial charge < -0.3 is 5.11 Å². The zero-order valence-corrected chi connectivity index (χ0v) is 10.5. The van der Waals surface area contributed by atoms with E-state index in [1.807, 2.05) is 0 Å². The molecule has 3 nitrogen and oxygen atoms in total. The van der Waals surface area contributed by atoms with Crippen molar-refractivity contribution in [2.75, 3.05) is 0 Å². The number of carbonyl (C=O) groups is 2. The van der Waals surface area contributed by atoms with Gasteiger partial charge in [-0.3, -0.25) is 4.79 Å². The van der Waals surface area contributed by atoms with Crippen molar-refractivity contribution in [1.29, 1.82) is 0 Å². The lowest BCUT2D eigenvalue weighted by atomic mass is 10.0. The fraction of sp³-hybridized carbons (Fsp3) is 0.167. The van der Waals surface area contributed by atoms with Crippen LogP contribution in [0.1, 0.15) is 23.7 Å². The van der Waals surface area contributed by atoms with E-state index >= 15 is 0 Å². The van der Waals surface area contributed by atoms with E-state index in [1.54, 1.807) is 6.92 Å². The van der Waals surface area contributed by atoms with Gasteiger partial charge in [0.1, 0.15) is 5.57 Å². The smallest absolute Gasteiger partial charge is 0.339 e. The molecule has 90 valence electrons. The largest absolute Gasteiger partial charge is 0.478 e. The number of halogens is 2. The maximum absolute atomic E-state index is 11.9. The van der Waals surface area contributed by atoms with Crippen molar-refractivity contribution in [3.8, 4) is 0 Å². The maximum atomic E-state index is 11.9. The topological polar surface area (TPSA) is 54.4 Å². The van der Waals surface area contributed by atoms with Crippen molar-refractivity contribution < 1.29 is 14.7 Å². The number of hydrogen-bond donors (Lipinski definition) is 1. The van der Waals surface area contributed by atoms with E-state index in [-0.39, 0.29) is 16.2 Å². The third kappa shape index (κ3) is 3.32. The first-order chi connectivity index (χ1) is 7.97. The number of carbonyl (C=O) groups excluding carboxylic acids is 1. The van der Waals surface area contributed by atoms with E-state index in [2.05, 4.69) is 0 Å². The number of carboxylic acid groups (broad SMARTS) is 1. The summed E-state index contributed by atoms with van der Waals surface area (Å²) in [4.78, 5) is 22.9. The van der Waals surface area contributed by atoms with Crippen molar-refractivity contribution >= 4 is 35.0 Å². The quantitative estimate of drug-likeness (QED) is 0.394. The van der Waals surface area contributed by atoms with Gasteiger partial charge in [0.15, 0.2) is 0 Å². The number of aliphatic carboxylic acids is 1. The van der Waals surface area contributed by atoms with Crippen LogP contribution in [0.4, 0.5) is 0 Å². The zero-order valence-electron chi connectivity index (χ0n) is 9.04. The predicted molar refractivity (Wildman–Crippen MR) is 66.8 cm³/mol. The van der Waals surface area contributed by atoms with Gasteiger partial charge in [0.05, 0.1) is 5.02 Å². The second kappa shape index (κ2) is 5.84. The average Bonchev–Trinajstić information content (AvgIpc) is 2.24. The minimum atomic E-state index is -1.26. The van der Waals surface area contributed by atoms with Crippen molar-refractivity contribution in [1.82, 2.24) is 0 Å². The van der Waals surface area contributed by atoms with E-state index in [0.29, 0.717) is 11.4 Å². The first-order valence-electron chi connectivity index (χ1n) is 4.90. The standard InChI is InChI=1S/C12H10Cl2O3/c1-2-3-9(12(16)17)11(15)8-5-4-7(13)6-10(8)14/h3-6H,2H2,1H3,(H,16,17). The van der Waals surface area contributed by atoms with Crippen molar-refractivity contribution in [2.24, 2.45) is 0 Å². The van der Waals surface area contributed by atoms with E-state index in [4.69, 9.17) is 28.3 Å². The van der Waals surface area contributed by atoms with Crippen LogP contribution < -0.4 is 0 Å². The Morgan fingerprint density at radius 2 is 2.00 bits per heavy atom. The van der Waals surface area contributed by atoms with Gasteiger partial charge in [-0.05, 0) is 24.6 Å². The fourth-order valence-corrected chi connectivity index (χ4v) is 1.79. The van der Waals surface area contributed by atoms with Gasteiger partial charge in [-0.25, -0.2) is 4.79 Å². The molecule has 0 radical (unpaired) electrons. The second-order valence-corrected chi connectivity index (χ2v) is 4.13. The molecule has 0 aromatic heterocycles. The number of ketones is 1. The number of hydrogen-bond acceptors (Lipinski definition) is 2. The Morgan fingerprint density at radius 3 is 2.47 bits per heavy atom. The highest BCUT2D eigenvalue weighted by atomic mass is 35.5. The summed E-state index contributed by atoms with van der Waals surface area (Å²) in [5.74, 6) is -1.87. The Kier molecular flexibility index (Phi) is 4.73. The Morgan fingerprint density at radius 1 is 1.35 bits per heavy atom. The van der Waals surface area contributed by atoms with Gasteiger partial charge in [-0.15, -0.1) is 0 Å². The van der Waals surface area contributed by atoms with E-state index in [9.17, 15) is 9.59 Å². The summed E-state index contributed by atoms with van der Waals surface area (Å²) in [7, 11) is 0. The maximum Gasteiger partial charge on any atom is 0.339 e.